The van der Waals surface area contributed by atoms with Crippen LogP contribution in [0.25, 0.3) is 0 Å². The van der Waals surface area contributed by atoms with Crippen LogP contribution in [0.15, 0.2) is 28.7 Å². The summed E-state index contributed by atoms with van der Waals surface area (Å²) in [5.74, 6) is 0.264. The lowest BCUT2D eigenvalue weighted by molar-refractivity contribution is -0.117. The Balaban J connectivity index is 2.76. The van der Waals surface area contributed by atoms with Gasteiger partial charge in [-0.1, -0.05) is 41.9 Å². The summed E-state index contributed by atoms with van der Waals surface area (Å²) < 4.78 is 1.09. The molecule has 0 saturated carbocycles. The predicted octanol–water partition coefficient (Wildman–Crippen LogP) is 4.10. The molecule has 0 heterocycles. The Bertz CT molecular complexity index is 338. The first kappa shape index (κ1) is 12.4. The van der Waals surface area contributed by atoms with E-state index in [1.54, 1.807) is 6.92 Å². The highest BCUT2D eigenvalue weighted by Crippen LogP contribution is 2.29. The number of ketones is 1. The number of benzene rings is 1. The van der Waals surface area contributed by atoms with Crippen LogP contribution in [-0.2, 0) is 10.2 Å². The molecule has 1 nitrogen and oxygen atoms in total. The first-order valence-corrected chi connectivity index (χ1v) is 5.96. The van der Waals surface area contributed by atoms with Gasteiger partial charge in [-0.2, -0.15) is 0 Å². The smallest absolute Gasteiger partial charge is 0.129 e. The molecule has 2 heteroatoms. The van der Waals surface area contributed by atoms with Gasteiger partial charge in [-0.3, -0.25) is 0 Å². The number of carbonyl (C=O) groups excluding carboxylic acids is 1. The van der Waals surface area contributed by atoms with Gasteiger partial charge in [0, 0.05) is 10.9 Å². The number of halogens is 1. The van der Waals surface area contributed by atoms with E-state index < -0.39 is 0 Å². The maximum Gasteiger partial charge on any atom is 0.129 e. The molecule has 0 aromatic heterocycles. The fourth-order valence-corrected chi connectivity index (χ4v) is 1.80. The van der Waals surface area contributed by atoms with Crippen molar-refractivity contribution in [1.82, 2.24) is 0 Å². The van der Waals surface area contributed by atoms with Crippen molar-refractivity contribution < 1.29 is 4.79 Å². The van der Waals surface area contributed by atoms with Crippen LogP contribution >= 0.6 is 15.9 Å². The quantitative estimate of drug-likeness (QED) is 0.804. The largest absolute Gasteiger partial charge is 0.300 e. The Labute approximate surface area is 100 Å². The summed E-state index contributed by atoms with van der Waals surface area (Å²) in [6.45, 7) is 6.01. The van der Waals surface area contributed by atoms with Crippen molar-refractivity contribution in [3.05, 3.63) is 34.3 Å². The molecule has 0 aliphatic carbocycles. The van der Waals surface area contributed by atoms with E-state index in [1.165, 1.54) is 5.56 Å². The molecule has 0 fully saturated rings. The highest BCUT2D eigenvalue weighted by atomic mass is 79.9. The van der Waals surface area contributed by atoms with E-state index in [0.29, 0.717) is 6.42 Å². The van der Waals surface area contributed by atoms with Gasteiger partial charge < -0.3 is 4.79 Å². The summed E-state index contributed by atoms with van der Waals surface area (Å²) in [5.41, 5.74) is 1.36. The third-order valence-corrected chi connectivity index (χ3v) is 3.26. The second kappa shape index (κ2) is 4.93. The first-order valence-electron chi connectivity index (χ1n) is 5.17. The topological polar surface area (TPSA) is 17.1 Å². The van der Waals surface area contributed by atoms with Gasteiger partial charge in [0.05, 0.1) is 0 Å². The average molecular weight is 269 g/mol. The second-order valence-electron chi connectivity index (χ2n) is 4.59. The van der Waals surface area contributed by atoms with Crippen LogP contribution in [0.4, 0.5) is 0 Å². The fourth-order valence-electron chi connectivity index (χ4n) is 1.53. The molecule has 0 saturated heterocycles. The molecule has 0 aliphatic rings. The van der Waals surface area contributed by atoms with E-state index in [4.69, 9.17) is 0 Å². The molecule has 1 aromatic rings. The number of carbonyl (C=O) groups is 1. The molecule has 15 heavy (non-hydrogen) atoms. The van der Waals surface area contributed by atoms with E-state index in [-0.39, 0.29) is 11.2 Å². The van der Waals surface area contributed by atoms with E-state index in [2.05, 4.69) is 41.9 Å². The molecule has 0 aliphatic heterocycles. The molecular weight excluding hydrogens is 252 g/mol. The molecule has 1 rings (SSSR count). The van der Waals surface area contributed by atoms with Gasteiger partial charge >= 0.3 is 0 Å². The van der Waals surface area contributed by atoms with Crippen molar-refractivity contribution in [2.75, 3.05) is 0 Å². The standard InChI is InChI=1S/C13H17BrO/c1-10(15)8-9-13(2,3)11-4-6-12(14)7-5-11/h4-7H,8-9H2,1-3H3. The van der Waals surface area contributed by atoms with Crippen LogP contribution in [0, 0.1) is 0 Å². The van der Waals surface area contributed by atoms with Gasteiger partial charge in [-0.05, 0) is 36.5 Å². The molecular formula is C13H17BrO. The molecule has 1 aromatic carbocycles. The minimum absolute atomic E-state index is 0.0758. The lowest BCUT2D eigenvalue weighted by Crippen LogP contribution is -2.18. The van der Waals surface area contributed by atoms with Crippen molar-refractivity contribution in [3.8, 4) is 0 Å². The summed E-state index contributed by atoms with van der Waals surface area (Å²) in [6, 6.07) is 8.32. The molecule has 0 bridgehead atoms. The molecule has 0 atom stereocenters. The Kier molecular flexibility index (Phi) is 4.09. The van der Waals surface area contributed by atoms with Gasteiger partial charge in [-0.15, -0.1) is 0 Å². The normalized spacial score (nSPS) is 11.5. The number of rotatable bonds is 4. The van der Waals surface area contributed by atoms with Gasteiger partial charge in [-0.25, -0.2) is 0 Å². The highest BCUT2D eigenvalue weighted by Gasteiger charge is 2.20. The lowest BCUT2D eigenvalue weighted by Gasteiger charge is -2.24. The Morgan fingerprint density at radius 2 is 1.80 bits per heavy atom. The monoisotopic (exact) mass is 268 g/mol. The van der Waals surface area contributed by atoms with Crippen LogP contribution < -0.4 is 0 Å². The Morgan fingerprint density at radius 3 is 2.27 bits per heavy atom. The predicted molar refractivity (Wildman–Crippen MR) is 67.1 cm³/mol. The van der Waals surface area contributed by atoms with Crippen LogP contribution in [0.3, 0.4) is 0 Å². The second-order valence-corrected chi connectivity index (χ2v) is 5.51. The molecule has 0 N–H and O–H groups in total. The third kappa shape index (κ3) is 3.78. The lowest BCUT2D eigenvalue weighted by atomic mass is 9.80. The van der Waals surface area contributed by atoms with Crippen molar-refractivity contribution in [2.24, 2.45) is 0 Å². The van der Waals surface area contributed by atoms with Gasteiger partial charge in [0.1, 0.15) is 5.78 Å². The SMILES string of the molecule is CC(=O)CCC(C)(C)c1ccc(Br)cc1. The summed E-state index contributed by atoms with van der Waals surface area (Å²) in [4.78, 5) is 11.0. The maximum absolute atomic E-state index is 11.0. The van der Waals surface area contributed by atoms with Crippen LogP contribution in [-0.4, -0.2) is 5.78 Å². The molecule has 0 radical (unpaired) electrons. The zero-order chi connectivity index (χ0) is 11.5. The van der Waals surface area contributed by atoms with Crippen LogP contribution in [0.5, 0.6) is 0 Å². The van der Waals surface area contributed by atoms with Crippen LogP contribution in [0.1, 0.15) is 39.2 Å². The third-order valence-electron chi connectivity index (χ3n) is 2.73. The van der Waals surface area contributed by atoms with Crippen molar-refractivity contribution >= 4 is 21.7 Å². The van der Waals surface area contributed by atoms with Gasteiger partial charge in [0.15, 0.2) is 0 Å². The van der Waals surface area contributed by atoms with E-state index in [0.717, 1.165) is 10.9 Å². The van der Waals surface area contributed by atoms with E-state index in [9.17, 15) is 4.79 Å². The molecule has 0 spiro atoms. The van der Waals surface area contributed by atoms with Crippen molar-refractivity contribution in [3.63, 3.8) is 0 Å². The summed E-state index contributed by atoms with van der Waals surface area (Å²) >= 11 is 3.42. The van der Waals surface area contributed by atoms with E-state index in [1.807, 2.05) is 12.1 Å². The Hall–Kier alpha value is -0.630. The molecule has 0 unspecified atom stereocenters. The van der Waals surface area contributed by atoms with Crippen molar-refractivity contribution in [1.29, 1.82) is 0 Å². The maximum atomic E-state index is 11.0. The van der Waals surface area contributed by atoms with Crippen LogP contribution in [0.2, 0.25) is 0 Å². The van der Waals surface area contributed by atoms with E-state index >= 15 is 0 Å². The zero-order valence-electron chi connectivity index (χ0n) is 9.51. The zero-order valence-corrected chi connectivity index (χ0v) is 11.1. The van der Waals surface area contributed by atoms with Crippen molar-refractivity contribution in [2.45, 2.75) is 39.0 Å². The molecule has 82 valence electrons. The summed E-state index contributed by atoms with van der Waals surface area (Å²) in [5, 5.41) is 0. The first-order chi connectivity index (χ1) is 6.92. The minimum Gasteiger partial charge on any atom is -0.300 e. The minimum atomic E-state index is 0.0758. The Morgan fingerprint density at radius 1 is 1.27 bits per heavy atom. The number of hydrogen-bond donors (Lipinski definition) is 0. The average Bonchev–Trinajstić information content (AvgIpc) is 2.16. The summed E-state index contributed by atoms with van der Waals surface area (Å²) in [6.07, 6.45) is 1.56. The highest BCUT2D eigenvalue weighted by molar-refractivity contribution is 9.10. The molecule has 0 amide bonds. The summed E-state index contributed by atoms with van der Waals surface area (Å²) in [7, 11) is 0. The number of hydrogen-bond acceptors (Lipinski definition) is 1. The van der Waals surface area contributed by atoms with Gasteiger partial charge in [0.2, 0.25) is 0 Å². The fraction of sp³-hybridized carbons (Fsp3) is 0.462. The number of Topliss-reactive ketones (excluding diaryl/α,β-unsaturated/α-hetero) is 1. The van der Waals surface area contributed by atoms with Gasteiger partial charge in [0.25, 0.3) is 0 Å².